The van der Waals surface area contributed by atoms with Crippen LogP contribution in [0.1, 0.15) is 31.9 Å². The molecule has 1 atom stereocenters. The fourth-order valence-corrected chi connectivity index (χ4v) is 3.67. The number of aromatic amines is 1. The standard InChI is InChI=1S/C22H26N2O4S/c1-22(2,3)28-21(26)24-19(20(25)27-10-8-15-9-11-29-14-15)12-16-13-23-18-7-5-4-6-17(16)18/h4-7,9,11,13-14,19,23H,8,10,12H2,1-3H3,(H,24,26). The Hall–Kier alpha value is -2.80. The number of benzene rings is 1. The van der Waals surface area contributed by atoms with Gasteiger partial charge in [-0.25, -0.2) is 9.59 Å². The van der Waals surface area contributed by atoms with Crippen LogP contribution in [0.2, 0.25) is 0 Å². The molecule has 2 N–H and O–H groups in total. The number of alkyl carbamates (subject to hydrolysis) is 1. The zero-order chi connectivity index (χ0) is 20.9. The molecule has 0 spiro atoms. The molecule has 2 aromatic heterocycles. The molecule has 0 aliphatic heterocycles. The van der Waals surface area contributed by atoms with Crippen molar-refractivity contribution in [1.82, 2.24) is 10.3 Å². The minimum Gasteiger partial charge on any atom is -0.464 e. The highest BCUT2D eigenvalue weighted by molar-refractivity contribution is 7.07. The molecule has 1 amide bonds. The molecular weight excluding hydrogens is 388 g/mol. The van der Waals surface area contributed by atoms with Crippen molar-refractivity contribution in [3.05, 3.63) is 58.4 Å². The van der Waals surface area contributed by atoms with Crippen LogP contribution < -0.4 is 5.32 Å². The van der Waals surface area contributed by atoms with Gasteiger partial charge in [0, 0.05) is 29.9 Å². The fourth-order valence-electron chi connectivity index (χ4n) is 2.97. The number of rotatable bonds is 7. The van der Waals surface area contributed by atoms with Gasteiger partial charge in [-0.05, 0) is 54.8 Å². The van der Waals surface area contributed by atoms with E-state index in [0.29, 0.717) is 12.8 Å². The molecule has 0 saturated heterocycles. The number of para-hydroxylation sites is 1. The SMILES string of the molecule is CC(C)(C)OC(=O)NC(Cc1c[nH]c2ccccc12)C(=O)OCCc1ccsc1. The number of hydrogen-bond donors (Lipinski definition) is 2. The van der Waals surface area contributed by atoms with Crippen LogP contribution in [0.3, 0.4) is 0 Å². The van der Waals surface area contributed by atoms with E-state index in [9.17, 15) is 9.59 Å². The predicted octanol–water partition coefficient (Wildman–Crippen LogP) is 4.45. The minimum atomic E-state index is -0.841. The van der Waals surface area contributed by atoms with Gasteiger partial charge in [0.2, 0.25) is 0 Å². The van der Waals surface area contributed by atoms with Crippen LogP contribution in [0.15, 0.2) is 47.3 Å². The number of carbonyl (C=O) groups excluding carboxylic acids is 2. The van der Waals surface area contributed by atoms with E-state index in [1.165, 1.54) is 0 Å². The van der Waals surface area contributed by atoms with Crippen LogP contribution >= 0.6 is 11.3 Å². The largest absolute Gasteiger partial charge is 0.464 e. The van der Waals surface area contributed by atoms with E-state index in [0.717, 1.165) is 22.0 Å². The topological polar surface area (TPSA) is 80.4 Å². The van der Waals surface area contributed by atoms with Crippen LogP contribution in [0.4, 0.5) is 4.79 Å². The highest BCUT2D eigenvalue weighted by Crippen LogP contribution is 2.20. The summed E-state index contributed by atoms with van der Waals surface area (Å²) in [6.07, 6.45) is 2.16. The summed E-state index contributed by atoms with van der Waals surface area (Å²) in [5.74, 6) is -0.476. The summed E-state index contributed by atoms with van der Waals surface area (Å²) < 4.78 is 10.8. The molecule has 0 saturated carbocycles. The zero-order valence-corrected chi connectivity index (χ0v) is 17.7. The first-order valence-electron chi connectivity index (χ1n) is 9.54. The molecule has 7 heteroatoms. The van der Waals surface area contributed by atoms with E-state index < -0.39 is 23.7 Å². The third-order valence-electron chi connectivity index (χ3n) is 4.29. The second-order valence-electron chi connectivity index (χ2n) is 7.81. The van der Waals surface area contributed by atoms with Gasteiger partial charge in [0.25, 0.3) is 0 Å². The Morgan fingerprint density at radius 3 is 2.72 bits per heavy atom. The summed E-state index contributed by atoms with van der Waals surface area (Å²) in [6.45, 7) is 5.59. The van der Waals surface area contributed by atoms with Crippen molar-refractivity contribution in [2.24, 2.45) is 0 Å². The lowest BCUT2D eigenvalue weighted by atomic mass is 10.1. The smallest absolute Gasteiger partial charge is 0.408 e. The Balaban J connectivity index is 1.69. The summed E-state index contributed by atoms with van der Waals surface area (Å²) in [5, 5.41) is 7.69. The summed E-state index contributed by atoms with van der Waals surface area (Å²) in [7, 11) is 0. The van der Waals surface area contributed by atoms with Crippen molar-refractivity contribution in [2.45, 2.75) is 45.3 Å². The Kier molecular flexibility index (Phi) is 6.59. The number of esters is 1. The van der Waals surface area contributed by atoms with Gasteiger partial charge in [0.05, 0.1) is 6.61 Å². The number of ether oxygens (including phenoxy) is 2. The number of hydrogen-bond acceptors (Lipinski definition) is 5. The average Bonchev–Trinajstić information content (AvgIpc) is 3.30. The van der Waals surface area contributed by atoms with E-state index in [1.807, 2.05) is 47.3 Å². The summed E-state index contributed by atoms with van der Waals surface area (Å²) >= 11 is 1.60. The summed E-state index contributed by atoms with van der Waals surface area (Å²) in [4.78, 5) is 28.2. The minimum absolute atomic E-state index is 0.260. The van der Waals surface area contributed by atoms with Gasteiger partial charge in [0.1, 0.15) is 11.6 Å². The van der Waals surface area contributed by atoms with Crippen LogP contribution in [-0.4, -0.2) is 35.3 Å². The fraction of sp³-hybridized carbons (Fsp3) is 0.364. The second kappa shape index (κ2) is 9.13. The Bertz CT molecular complexity index is 957. The zero-order valence-electron chi connectivity index (χ0n) is 16.9. The van der Waals surface area contributed by atoms with E-state index >= 15 is 0 Å². The molecule has 0 radical (unpaired) electrons. The first-order chi connectivity index (χ1) is 13.8. The van der Waals surface area contributed by atoms with Crippen molar-refractivity contribution in [3.63, 3.8) is 0 Å². The van der Waals surface area contributed by atoms with Crippen molar-refractivity contribution in [3.8, 4) is 0 Å². The van der Waals surface area contributed by atoms with Crippen LogP contribution in [0.25, 0.3) is 10.9 Å². The van der Waals surface area contributed by atoms with E-state index in [-0.39, 0.29) is 6.61 Å². The number of H-pyrrole nitrogens is 1. The van der Waals surface area contributed by atoms with Crippen molar-refractivity contribution >= 4 is 34.3 Å². The lowest BCUT2D eigenvalue weighted by Crippen LogP contribution is -2.45. The van der Waals surface area contributed by atoms with Crippen LogP contribution in [0.5, 0.6) is 0 Å². The first kappa shape index (κ1) is 20.9. The maximum absolute atomic E-state index is 12.7. The van der Waals surface area contributed by atoms with Crippen molar-refractivity contribution in [2.75, 3.05) is 6.61 Å². The van der Waals surface area contributed by atoms with Gasteiger partial charge >= 0.3 is 12.1 Å². The van der Waals surface area contributed by atoms with E-state index in [1.54, 1.807) is 32.1 Å². The number of thiophene rings is 1. The third-order valence-corrected chi connectivity index (χ3v) is 5.02. The number of fused-ring (bicyclic) bond motifs is 1. The Morgan fingerprint density at radius 1 is 1.21 bits per heavy atom. The molecule has 3 aromatic rings. The van der Waals surface area contributed by atoms with Gasteiger partial charge in [-0.3, -0.25) is 0 Å². The van der Waals surface area contributed by atoms with Crippen molar-refractivity contribution < 1.29 is 19.1 Å². The number of nitrogens with one attached hydrogen (secondary N) is 2. The molecule has 2 heterocycles. The van der Waals surface area contributed by atoms with Gasteiger partial charge in [0.15, 0.2) is 0 Å². The second-order valence-corrected chi connectivity index (χ2v) is 8.59. The maximum Gasteiger partial charge on any atom is 0.408 e. The first-order valence-corrected chi connectivity index (χ1v) is 10.5. The molecule has 0 bridgehead atoms. The number of carbonyl (C=O) groups is 2. The molecule has 1 aromatic carbocycles. The van der Waals surface area contributed by atoms with E-state index in [2.05, 4.69) is 10.3 Å². The molecule has 0 fully saturated rings. The molecule has 29 heavy (non-hydrogen) atoms. The van der Waals surface area contributed by atoms with Crippen LogP contribution in [-0.2, 0) is 27.1 Å². The maximum atomic E-state index is 12.7. The highest BCUT2D eigenvalue weighted by atomic mass is 32.1. The van der Waals surface area contributed by atoms with Gasteiger partial charge in [-0.1, -0.05) is 18.2 Å². The van der Waals surface area contributed by atoms with Crippen molar-refractivity contribution in [1.29, 1.82) is 0 Å². The molecular formula is C22H26N2O4S. The summed E-state index contributed by atoms with van der Waals surface area (Å²) in [6, 6.07) is 8.99. The van der Waals surface area contributed by atoms with Gasteiger partial charge < -0.3 is 19.8 Å². The monoisotopic (exact) mass is 414 g/mol. The van der Waals surface area contributed by atoms with Gasteiger partial charge in [-0.15, -0.1) is 0 Å². The average molecular weight is 415 g/mol. The predicted molar refractivity (Wildman–Crippen MR) is 114 cm³/mol. The molecule has 0 aliphatic rings. The molecule has 3 rings (SSSR count). The third kappa shape index (κ3) is 6.09. The Morgan fingerprint density at radius 2 is 2.00 bits per heavy atom. The number of amides is 1. The lowest BCUT2D eigenvalue weighted by Gasteiger charge is -2.23. The van der Waals surface area contributed by atoms with Crippen LogP contribution in [0, 0.1) is 0 Å². The number of aromatic nitrogens is 1. The molecule has 6 nitrogen and oxygen atoms in total. The van der Waals surface area contributed by atoms with Gasteiger partial charge in [-0.2, -0.15) is 11.3 Å². The normalized spacial score (nSPS) is 12.5. The highest BCUT2D eigenvalue weighted by Gasteiger charge is 2.26. The lowest BCUT2D eigenvalue weighted by molar-refractivity contribution is -0.146. The molecule has 154 valence electrons. The molecule has 0 aliphatic carbocycles. The molecule has 1 unspecified atom stereocenters. The quantitative estimate of drug-likeness (QED) is 0.560. The van der Waals surface area contributed by atoms with E-state index in [4.69, 9.17) is 9.47 Å². The Labute approximate surface area is 174 Å². The summed E-state index contributed by atoms with van der Waals surface area (Å²) in [5.41, 5.74) is 2.37.